The molecule has 0 atom stereocenters. The van der Waals surface area contributed by atoms with Crippen molar-refractivity contribution in [2.45, 2.75) is 6.54 Å². The average Bonchev–Trinajstić information content (AvgIpc) is 2.82. The zero-order valence-electron chi connectivity index (χ0n) is 10.8. The number of carbonyl (C=O) groups is 1. The van der Waals surface area contributed by atoms with Gasteiger partial charge in [0.1, 0.15) is 5.82 Å². The SMILES string of the molecule is O=C(O)c1nn(Cc2ccc(Cl)c(F)c2)c2ccccc12. The highest BCUT2D eigenvalue weighted by Gasteiger charge is 2.16. The van der Waals surface area contributed by atoms with E-state index in [4.69, 9.17) is 11.6 Å². The summed E-state index contributed by atoms with van der Waals surface area (Å²) in [7, 11) is 0. The molecule has 106 valence electrons. The van der Waals surface area contributed by atoms with Crippen molar-refractivity contribution in [3.63, 3.8) is 0 Å². The molecule has 1 N–H and O–H groups in total. The van der Waals surface area contributed by atoms with Crippen LogP contribution in [0.1, 0.15) is 16.1 Å². The second-order valence-corrected chi connectivity index (χ2v) is 4.98. The monoisotopic (exact) mass is 304 g/mol. The first kappa shape index (κ1) is 13.6. The lowest BCUT2D eigenvalue weighted by Gasteiger charge is -2.04. The topological polar surface area (TPSA) is 55.1 Å². The van der Waals surface area contributed by atoms with Crippen molar-refractivity contribution < 1.29 is 14.3 Å². The lowest BCUT2D eigenvalue weighted by Crippen LogP contribution is -2.04. The number of aromatic carboxylic acids is 1. The number of carboxylic acids is 1. The van der Waals surface area contributed by atoms with Crippen LogP contribution >= 0.6 is 11.6 Å². The predicted molar refractivity (Wildman–Crippen MR) is 77.2 cm³/mol. The minimum absolute atomic E-state index is 0.0139. The van der Waals surface area contributed by atoms with Crippen molar-refractivity contribution >= 4 is 28.5 Å². The molecular weight excluding hydrogens is 295 g/mol. The first-order valence-corrected chi connectivity index (χ1v) is 6.57. The largest absolute Gasteiger partial charge is 0.476 e. The van der Waals surface area contributed by atoms with E-state index in [1.165, 1.54) is 12.1 Å². The van der Waals surface area contributed by atoms with E-state index in [1.54, 1.807) is 35.0 Å². The van der Waals surface area contributed by atoms with Crippen LogP contribution in [0.3, 0.4) is 0 Å². The summed E-state index contributed by atoms with van der Waals surface area (Å²) in [4.78, 5) is 11.2. The molecule has 0 aliphatic heterocycles. The summed E-state index contributed by atoms with van der Waals surface area (Å²) in [5.41, 5.74) is 1.33. The Morgan fingerprint density at radius 3 is 2.76 bits per heavy atom. The molecule has 0 radical (unpaired) electrons. The van der Waals surface area contributed by atoms with Crippen molar-refractivity contribution in [3.8, 4) is 0 Å². The van der Waals surface area contributed by atoms with Gasteiger partial charge >= 0.3 is 5.97 Å². The number of para-hydroxylation sites is 1. The van der Waals surface area contributed by atoms with Crippen molar-refractivity contribution in [3.05, 3.63) is 64.6 Å². The predicted octanol–water partition coefficient (Wildman–Crippen LogP) is 3.58. The summed E-state index contributed by atoms with van der Waals surface area (Å²) in [6, 6.07) is 11.5. The second kappa shape index (κ2) is 5.18. The zero-order valence-corrected chi connectivity index (χ0v) is 11.5. The Kier molecular flexibility index (Phi) is 3.35. The number of fused-ring (bicyclic) bond motifs is 1. The van der Waals surface area contributed by atoms with Crippen molar-refractivity contribution in [1.29, 1.82) is 0 Å². The van der Waals surface area contributed by atoms with E-state index < -0.39 is 11.8 Å². The van der Waals surface area contributed by atoms with Crippen LogP contribution in [0.25, 0.3) is 10.9 Å². The van der Waals surface area contributed by atoms with Crippen LogP contribution in [0.5, 0.6) is 0 Å². The first-order chi connectivity index (χ1) is 10.1. The van der Waals surface area contributed by atoms with Crippen molar-refractivity contribution in [2.24, 2.45) is 0 Å². The molecule has 0 bridgehead atoms. The van der Waals surface area contributed by atoms with Crippen LogP contribution in [0.2, 0.25) is 5.02 Å². The van der Waals surface area contributed by atoms with Gasteiger partial charge in [-0.15, -0.1) is 0 Å². The highest BCUT2D eigenvalue weighted by molar-refractivity contribution is 6.30. The van der Waals surface area contributed by atoms with E-state index >= 15 is 0 Å². The van der Waals surface area contributed by atoms with E-state index in [0.717, 1.165) is 0 Å². The molecule has 0 saturated carbocycles. The van der Waals surface area contributed by atoms with Gasteiger partial charge in [-0.1, -0.05) is 35.9 Å². The van der Waals surface area contributed by atoms with Crippen LogP contribution in [0, 0.1) is 5.82 Å². The quantitative estimate of drug-likeness (QED) is 0.804. The van der Waals surface area contributed by atoms with Gasteiger partial charge in [0.15, 0.2) is 5.69 Å². The molecule has 2 aromatic carbocycles. The number of hydrogen-bond donors (Lipinski definition) is 1. The van der Waals surface area contributed by atoms with E-state index in [0.29, 0.717) is 16.5 Å². The van der Waals surface area contributed by atoms with E-state index in [-0.39, 0.29) is 17.3 Å². The fourth-order valence-electron chi connectivity index (χ4n) is 2.22. The minimum atomic E-state index is -1.09. The van der Waals surface area contributed by atoms with Crippen LogP contribution in [-0.4, -0.2) is 20.9 Å². The Balaban J connectivity index is 2.08. The normalized spacial score (nSPS) is 11.0. The molecular formula is C15H10ClFN2O2. The molecule has 0 spiro atoms. The molecule has 1 heterocycles. The van der Waals surface area contributed by atoms with Crippen LogP contribution in [0.15, 0.2) is 42.5 Å². The number of hydrogen-bond acceptors (Lipinski definition) is 2. The van der Waals surface area contributed by atoms with Crippen LogP contribution in [0.4, 0.5) is 4.39 Å². The zero-order chi connectivity index (χ0) is 15.0. The fraction of sp³-hybridized carbons (Fsp3) is 0.0667. The molecule has 3 rings (SSSR count). The Hall–Kier alpha value is -2.40. The van der Waals surface area contributed by atoms with Gasteiger partial charge in [0, 0.05) is 5.39 Å². The maximum absolute atomic E-state index is 13.5. The van der Waals surface area contributed by atoms with E-state index in [2.05, 4.69) is 5.10 Å². The molecule has 0 aliphatic carbocycles. The Labute approximate surface area is 124 Å². The Morgan fingerprint density at radius 1 is 1.29 bits per heavy atom. The molecule has 0 aliphatic rings. The maximum atomic E-state index is 13.5. The standard InChI is InChI=1S/C15H10ClFN2O2/c16-11-6-5-9(7-12(11)17)8-19-13-4-2-1-3-10(13)14(18-19)15(20)21/h1-7H,8H2,(H,20,21). The first-order valence-electron chi connectivity index (χ1n) is 6.19. The van der Waals surface area contributed by atoms with Gasteiger partial charge in [-0.25, -0.2) is 9.18 Å². The number of benzene rings is 2. The maximum Gasteiger partial charge on any atom is 0.357 e. The van der Waals surface area contributed by atoms with Gasteiger partial charge in [-0.3, -0.25) is 4.68 Å². The third kappa shape index (κ3) is 2.48. The van der Waals surface area contributed by atoms with Crippen molar-refractivity contribution in [2.75, 3.05) is 0 Å². The average molecular weight is 305 g/mol. The summed E-state index contributed by atoms with van der Waals surface area (Å²) < 4.78 is 15.0. The second-order valence-electron chi connectivity index (χ2n) is 4.58. The summed E-state index contributed by atoms with van der Waals surface area (Å²) in [6.45, 7) is 0.266. The van der Waals surface area contributed by atoms with Gasteiger partial charge in [-0.05, 0) is 23.8 Å². The molecule has 0 fully saturated rings. The summed E-state index contributed by atoms with van der Waals surface area (Å²) >= 11 is 5.65. The molecule has 21 heavy (non-hydrogen) atoms. The number of rotatable bonds is 3. The van der Waals surface area contributed by atoms with Gasteiger partial charge in [-0.2, -0.15) is 5.10 Å². The van der Waals surface area contributed by atoms with E-state index in [1.807, 2.05) is 0 Å². The number of aromatic nitrogens is 2. The minimum Gasteiger partial charge on any atom is -0.476 e. The smallest absolute Gasteiger partial charge is 0.357 e. The summed E-state index contributed by atoms with van der Waals surface area (Å²) in [5, 5.41) is 13.9. The lowest BCUT2D eigenvalue weighted by atomic mass is 10.2. The third-order valence-corrected chi connectivity index (χ3v) is 3.48. The van der Waals surface area contributed by atoms with E-state index in [9.17, 15) is 14.3 Å². The molecule has 0 saturated heterocycles. The third-order valence-electron chi connectivity index (χ3n) is 3.18. The van der Waals surface area contributed by atoms with Crippen LogP contribution < -0.4 is 0 Å². The molecule has 6 heteroatoms. The van der Waals surface area contributed by atoms with Gasteiger partial charge in [0.25, 0.3) is 0 Å². The van der Waals surface area contributed by atoms with Crippen molar-refractivity contribution in [1.82, 2.24) is 9.78 Å². The highest BCUT2D eigenvalue weighted by atomic mass is 35.5. The Bertz CT molecular complexity index is 845. The number of halogens is 2. The van der Waals surface area contributed by atoms with Crippen LogP contribution in [-0.2, 0) is 6.54 Å². The van der Waals surface area contributed by atoms with Gasteiger partial charge < -0.3 is 5.11 Å². The Morgan fingerprint density at radius 2 is 2.05 bits per heavy atom. The lowest BCUT2D eigenvalue weighted by molar-refractivity contribution is 0.0691. The van der Waals surface area contributed by atoms with Gasteiger partial charge in [0.2, 0.25) is 0 Å². The van der Waals surface area contributed by atoms with Gasteiger partial charge in [0.05, 0.1) is 17.1 Å². The molecule has 1 aromatic heterocycles. The number of carboxylic acid groups (broad SMARTS) is 1. The summed E-state index contributed by atoms with van der Waals surface area (Å²) in [6.07, 6.45) is 0. The number of nitrogens with zero attached hydrogens (tertiary/aromatic N) is 2. The fourth-order valence-corrected chi connectivity index (χ4v) is 2.33. The molecule has 3 aromatic rings. The summed E-state index contributed by atoms with van der Waals surface area (Å²) in [5.74, 6) is -1.60. The highest BCUT2D eigenvalue weighted by Crippen LogP contribution is 2.21. The molecule has 4 nitrogen and oxygen atoms in total. The molecule has 0 amide bonds. The molecule has 0 unspecified atom stereocenters.